The summed E-state index contributed by atoms with van der Waals surface area (Å²) in [5.74, 6) is 0. The van der Waals surface area contributed by atoms with E-state index in [1.54, 1.807) is 18.2 Å². The summed E-state index contributed by atoms with van der Waals surface area (Å²) in [4.78, 5) is 4.90. The van der Waals surface area contributed by atoms with Crippen LogP contribution in [0.2, 0.25) is 0 Å². The van der Waals surface area contributed by atoms with Crippen LogP contribution >= 0.6 is 0 Å². The Hall–Kier alpha value is 0.0900. The molecule has 1 aromatic rings. The fourth-order valence-corrected chi connectivity index (χ4v) is 2.61. The molecule has 0 aliphatic heterocycles. The molecule has 116 valence electrons. The Morgan fingerprint density at radius 3 is 2.10 bits per heavy atom. The van der Waals surface area contributed by atoms with E-state index in [1.165, 1.54) is 37.8 Å². The quantitative estimate of drug-likeness (QED) is 0.271. The molecule has 0 bridgehead atoms. The Bertz CT molecular complexity index is 448. The van der Waals surface area contributed by atoms with E-state index in [-0.39, 0.29) is 34.5 Å². The van der Waals surface area contributed by atoms with Crippen LogP contribution in [0.4, 0.5) is 0 Å². The molecule has 0 heterocycles. The van der Waals surface area contributed by atoms with Crippen molar-refractivity contribution in [3.63, 3.8) is 0 Å². The number of unbranched alkanes of at least 4 members (excludes halogenated alkanes) is 6. The molecule has 0 amide bonds. The van der Waals surface area contributed by atoms with Gasteiger partial charge in [0.05, 0.1) is 11.5 Å². The molecule has 0 aromatic heterocycles. The molecule has 0 N–H and O–H groups in total. The molecule has 21 heavy (non-hydrogen) atoms. The minimum absolute atomic E-state index is 0. The maximum absolute atomic E-state index is 11.7. The van der Waals surface area contributed by atoms with E-state index in [2.05, 4.69) is 11.3 Å². The molecule has 0 aliphatic rings. The molecule has 0 saturated heterocycles. The third-order valence-electron chi connectivity index (χ3n) is 3.00. The molecule has 4 nitrogen and oxygen atoms in total. The third-order valence-corrected chi connectivity index (χ3v) is 4.13. The van der Waals surface area contributed by atoms with E-state index in [0.717, 1.165) is 19.3 Å². The number of hydrogen-bond acceptors (Lipinski definition) is 4. The van der Waals surface area contributed by atoms with Gasteiger partial charge < -0.3 is 0 Å². The van der Waals surface area contributed by atoms with Crippen molar-refractivity contribution in [2.45, 2.75) is 56.8 Å². The summed E-state index contributed by atoms with van der Waals surface area (Å²) < 4.78 is 27.9. The van der Waals surface area contributed by atoms with Crippen LogP contribution in [-0.2, 0) is 19.3 Å². The van der Waals surface area contributed by atoms with Crippen molar-refractivity contribution >= 4 is 39.7 Å². The summed E-state index contributed by atoms with van der Waals surface area (Å²) >= 11 is 0. The van der Waals surface area contributed by atoms with Crippen LogP contribution in [0.3, 0.4) is 0 Å². The molecule has 6 heteroatoms. The molecule has 0 atom stereocenters. The van der Waals surface area contributed by atoms with Gasteiger partial charge in [0, 0.05) is 0 Å². The van der Waals surface area contributed by atoms with Gasteiger partial charge in [0.25, 0.3) is 0 Å². The van der Waals surface area contributed by atoms with Crippen molar-refractivity contribution < 1.29 is 17.6 Å². The number of rotatable bonds is 11. The van der Waals surface area contributed by atoms with Crippen LogP contribution < -0.4 is 0 Å². The van der Waals surface area contributed by atoms with Gasteiger partial charge in [-0.2, -0.15) is 8.42 Å². The van der Waals surface area contributed by atoms with Gasteiger partial charge in [-0.25, -0.2) is 4.89 Å². The Morgan fingerprint density at radius 1 is 0.905 bits per heavy atom. The van der Waals surface area contributed by atoms with Crippen LogP contribution in [0.1, 0.15) is 51.9 Å². The predicted octanol–water partition coefficient (Wildman–Crippen LogP) is 3.43. The van der Waals surface area contributed by atoms with Crippen LogP contribution in [0.5, 0.6) is 0 Å². The summed E-state index contributed by atoms with van der Waals surface area (Å²) in [5, 5.41) is 0. The molecule has 1 rings (SSSR count). The minimum atomic E-state index is -3.79. The summed E-state index contributed by atoms with van der Waals surface area (Å²) in [5.41, 5.74) is 0. The molecule has 0 spiro atoms. The van der Waals surface area contributed by atoms with Gasteiger partial charge in [-0.3, -0.25) is 0 Å². The standard InChI is InChI=1S/C15H24O4S.Na.H/c1-2-3-4-5-6-7-11-14-18-19-20(16,17)15-12-9-8-10-13-15;;/h8-10,12-13H,2-7,11,14H2,1H3;;. The van der Waals surface area contributed by atoms with Gasteiger partial charge in [-0.1, -0.05) is 63.6 Å². The SMILES string of the molecule is CCCCCCCCCOOS(=O)(=O)c1ccccc1.[NaH]. The topological polar surface area (TPSA) is 52.6 Å². The normalized spacial score (nSPS) is 11.1. The van der Waals surface area contributed by atoms with Gasteiger partial charge >= 0.3 is 39.7 Å². The van der Waals surface area contributed by atoms with Crippen molar-refractivity contribution in [2.75, 3.05) is 6.61 Å². The first-order valence-corrected chi connectivity index (χ1v) is 8.69. The number of benzene rings is 1. The zero-order valence-electron chi connectivity index (χ0n) is 12.1. The van der Waals surface area contributed by atoms with E-state index in [9.17, 15) is 8.42 Å². The van der Waals surface area contributed by atoms with E-state index in [1.807, 2.05) is 0 Å². The Kier molecular flexibility index (Phi) is 12.7. The molecular weight excluding hydrogens is 299 g/mol. The van der Waals surface area contributed by atoms with Gasteiger partial charge in [-0.05, 0) is 18.6 Å². The van der Waals surface area contributed by atoms with E-state index in [4.69, 9.17) is 4.89 Å². The predicted molar refractivity (Wildman–Crippen MR) is 85.8 cm³/mol. The number of hydrogen-bond donors (Lipinski definition) is 0. The van der Waals surface area contributed by atoms with Crippen molar-refractivity contribution in [2.24, 2.45) is 0 Å². The van der Waals surface area contributed by atoms with E-state index in [0.29, 0.717) is 6.61 Å². The molecule has 0 aliphatic carbocycles. The van der Waals surface area contributed by atoms with Gasteiger partial charge in [0.1, 0.15) is 0 Å². The monoisotopic (exact) mass is 324 g/mol. The summed E-state index contributed by atoms with van der Waals surface area (Å²) in [7, 11) is -3.79. The molecule has 0 saturated carbocycles. The average molecular weight is 324 g/mol. The second-order valence-corrected chi connectivity index (χ2v) is 6.29. The fraction of sp³-hybridized carbons (Fsp3) is 0.600. The van der Waals surface area contributed by atoms with E-state index < -0.39 is 10.1 Å². The zero-order valence-corrected chi connectivity index (χ0v) is 12.9. The van der Waals surface area contributed by atoms with Crippen LogP contribution in [0.25, 0.3) is 0 Å². The van der Waals surface area contributed by atoms with Gasteiger partial charge in [-0.15, -0.1) is 4.33 Å². The van der Waals surface area contributed by atoms with Crippen LogP contribution in [0, 0.1) is 0 Å². The van der Waals surface area contributed by atoms with Crippen LogP contribution in [0.15, 0.2) is 35.2 Å². The van der Waals surface area contributed by atoms with Gasteiger partial charge in [0.2, 0.25) is 0 Å². The Morgan fingerprint density at radius 2 is 1.48 bits per heavy atom. The second-order valence-electron chi connectivity index (χ2n) is 4.78. The van der Waals surface area contributed by atoms with Crippen molar-refractivity contribution in [3.05, 3.63) is 30.3 Å². The summed E-state index contributed by atoms with van der Waals surface area (Å²) in [6.07, 6.45) is 8.06. The molecule has 0 fully saturated rings. The Labute approximate surface area is 150 Å². The van der Waals surface area contributed by atoms with E-state index >= 15 is 0 Å². The average Bonchev–Trinajstić information content (AvgIpc) is 2.46. The molecule has 1 aromatic carbocycles. The first-order chi connectivity index (χ1) is 9.67. The maximum atomic E-state index is 11.7. The molecular formula is C15H25NaO4S. The van der Waals surface area contributed by atoms with Crippen molar-refractivity contribution in [1.29, 1.82) is 0 Å². The third kappa shape index (κ3) is 9.66. The first kappa shape index (κ1) is 21.1. The fourth-order valence-electron chi connectivity index (χ4n) is 1.84. The molecule has 0 unspecified atom stereocenters. The van der Waals surface area contributed by atoms with Gasteiger partial charge in [0.15, 0.2) is 0 Å². The molecule has 0 radical (unpaired) electrons. The summed E-state index contributed by atoms with van der Waals surface area (Å²) in [6.45, 7) is 2.50. The van der Waals surface area contributed by atoms with Crippen molar-refractivity contribution in [1.82, 2.24) is 0 Å². The second kappa shape index (κ2) is 12.6. The zero-order chi connectivity index (χ0) is 14.7. The first-order valence-electron chi connectivity index (χ1n) is 7.28. The summed E-state index contributed by atoms with van der Waals surface area (Å²) in [6, 6.07) is 8.00. The van der Waals surface area contributed by atoms with Crippen LogP contribution in [-0.4, -0.2) is 44.6 Å². The Balaban J connectivity index is 0.00000400. The van der Waals surface area contributed by atoms with Crippen molar-refractivity contribution in [3.8, 4) is 0 Å².